The smallest absolute Gasteiger partial charge is 0.159 e. The molecule has 0 N–H and O–H groups in total. The van der Waals surface area contributed by atoms with Crippen LogP contribution in [-0.4, -0.2) is 0 Å². The number of hydrogen-bond donors (Lipinski definition) is 0. The van der Waals surface area contributed by atoms with Gasteiger partial charge in [0.1, 0.15) is 5.58 Å². The van der Waals surface area contributed by atoms with E-state index in [4.69, 9.17) is 4.42 Å². The molecule has 0 fully saturated rings. The van der Waals surface area contributed by atoms with Crippen molar-refractivity contribution in [3.05, 3.63) is 200 Å². The zero-order chi connectivity index (χ0) is 36.3. The van der Waals surface area contributed by atoms with Crippen molar-refractivity contribution in [2.24, 2.45) is 0 Å². The molecule has 11 aromatic rings. The first-order valence-corrected chi connectivity index (χ1v) is 19.5. The first-order valence-electron chi connectivity index (χ1n) is 18.7. The van der Waals surface area contributed by atoms with Gasteiger partial charge in [-0.3, -0.25) is 0 Å². The molecule has 258 valence electrons. The average molecular weight is 720 g/mol. The lowest BCUT2D eigenvalue weighted by Crippen LogP contribution is -2.10. The van der Waals surface area contributed by atoms with Crippen molar-refractivity contribution in [2.75, 3.05) is 4.90 Å². The van der Waals surface area contributed by atoms with E-state index >= 15 is 0 Å². The van der Waals surface area contributed by atoms with Crippen molar-refractivity contribution < 1.29 is 4.42 Å². The summed E-state index contributed by atoms with van der Waals surface area (Å²) in [5.74, 6) is 0. The summed E-state index contributed by atoms with van der Waals surface area (Å²) in [6, 6.07) is 72.0. The van der Waals surface area contributed by atoms with E-state index < -0.39 is 0 Å². The molecule has 0 bridgehead atoms. The van der Waals surface area contributed by atoms with Gasteiger partial charge in [-0.1, -0.05) is 158 Å². The van der Waals surface area contributed by atoms with E-state index in [0.29, 0.717) is 0 Å². The number of thiophene rings is 1. The van der Waals surface area contributed by atoms with Crippen LogP contribution in [0.25, 0.3) is 86.3 Å². The van der Waals surface area contributed by atoms with Gasteiger partial charge < -0.3 is 9.32 Å². The molecular formula is C52H33NOS. The fourth-order valence-electron chi connectivity index (χ4n) is 8.25. The minimum absolute atomic E-state index is 0.856. The van der Waals surface area contributed by atoms with Crippen LogP contribution in [0.15, 0.2) is 205 Å². The Bertz CT molecular complexity index is 3190. The summed E-state index contributed by atoms with van der Waals surface area (Å²) >= 11 is 1.84. The molecule has 0 amide bonds. The molecule has 2 aromatic heterocycles. The Morgan fingerprint density at radius 1 is 0.382 bits per heavy atom. The molecule has 2 nitrogen and oxygen atoms in total. The maximum atomic E-state index is 7.22. The number of rotatable bonds is 6. The van der Waals surface area contributed by atoms with E-state index in [1.165, 1.54) is 42.1 Å². The maximum Gasteiger partial charge on any atom is 0.159 e. The van der Waals surface area contributed by atoms with Gasteiger partial charge in [-0.25, -0.2) is 0 Å². The predicted octanol–water partition coefficient (Wildman–Crippen LogP) is 15.6. The molecule has 0 radical (unpaired) electrons. The molecule has 11 rings (SSSR count). The first-order chi connectivity index (χ1) is 27.3. The molecule has 0 aliphatic heterocycles. The molecule has 9 aromatic carbocycles. The van der Waals surface area contributed by atoms with Crippen LogP contribution in [0, 0.1) is 0 Å². The van der Waals surface area contributed by atoms with Gasteiger partial charge >= 0.3 is 0 Å². The lowest BCUT2D eigenvalue weighted by molar-refractivity contribution is 0.670. The van der Waals surface area contributed by atoms with Crippen LogP contribution in [0.4, 0.5) is 17.1 Å². The van der Waals surface area contributed by atoms with Gasteiger partial charge in [-0.15, -0.1) is 11.3 Å². The van der Waals surface area contributed by atoms with Crippen LogP contribution in [0.1, 0.15) is 0 Å². The Morgan fingerprint density at radius 3 is 1.80 bits per heavy atom. The summed E-state index contributed by atoms with van der Waals surface area (Å²) in [5.41, 5.74) is 11.8. The highest BCUT2D eigenvalue weighted by atomic mass is 32.1. The van der Waals surface area contributed by atoms with Gasteiger partial charge in [-0.05, 0) is 81.1 Å². The van der Waals surface area contributed by atoms with Crippen LogP contribution in [0.2, 0.25) is 0 Å². The SMILES string of the molecule is c1ccc(-c2ccc(-c3ccccc3)c3c2oc2c(N(c4ccc(-c5ccc6ccccc6c5)cc4)c4cccc5c4sc4ccccc45)cccc23)cc1. The van der Waals surface area contributed by atoms with E-state index in [-0.39, 0.29) is 0 Å². The monoisotopic (exact) mass is 719 g/mol. The van der Waals surface area contributed by atoms with Crippen LogP contribution >= 0.6 is 11.3 Å². The highest BCUT2D eigenvalue weighted by Crippen LogP contribution is 2.49. The van der Waals surface area contributed by atoms with Gasteiger partial charge in [0, 0.05) is 37.5 Å². The molecule has 0 atom stereocenters. The third-order valence-electron chi connectivity index (χ3n) is 10.9. The average Bonchev–Trinajstić information content (AvgIpc) is 3.84. The standard InChI is InChI=1S/C52H33NOS/c1-3-14-36(15-4-1)41-31-32-42(37-16-5-2-6-17-37)51-49(41)45-21-12-22-46(50(45)54-51)53(47-23-11-20-44-43-19-9-10-24-48(43)55-52(44)47)40-29-27-35(28-30-40)39-26-25-34-13-7-8-18-38(34)33-39/h1-33H. The Kier molecular flexibility index (Phi) is 7.39. The fraction of sp³-hybridized carbons (Fsp3) is 0. The van der Waals surface area contributed by atoms with Crippen LogP contribution in [-0.2, 0) is 0 Å². The van der Waals surface area contributed by atoms with Crippen molar-refractivity contribution in [3.8, 4) is 33.4 Å². The van der Waals surface area contributed by atoms with Crippen LogP contribution in [0.3, 0.4) is 0 Å². The summed E-state index contributed by atoms with van der Waals surface area (Å²) in [5, 5.41) is 7.23. The summed E-state index contributed by atoms with van der Waals surface area (Å²) in [7, 11) is 0. The van der Waals surface area contributed by atoms with Gasteiger partial charge in [-0.2, -0.15) is 0 Å². The number of nitrogens with zero attached hydrogens (tertiary/aromatic N) is 1. The summed E-state index contributed by atoms with van der Waals surface area (Å²) in [4.78, 5) is 2.40. The predicted molar refractivity (Wildman–Crippen MR) is 235 cm³/mol. The summed E-state index contributed by atoms with van der Waals surface area (Å²) < 4.78 is 9.74. The highest BCUT2D eigenvalue weighted by Gasteiger charge is 2.24. The minimum atomic E-state index is 0.856. The number of furan rings is 1. The fourth-order valence-corrected chi connectivity index (χ4v) is 9.46. The lowest BCUT2D eigenvalue weighted by atomic mass is 9.94. The molecule has 0 aliphatic carbocycles. The van der Waals surface area contributed by atoms with Gasteiger partial charge in [0.25, 0.3) is 0 Å². The zero-order valence-electron chi connectivity index (χ0n) is 29.8. The largest absolute Gasteiger partial charge is 0.453 e. The van der Waals surface area contributed by atoms with E-state index in [0.717, 1.165) is 61.3 Å². The molecule has 55 heavy (non-hydrogen) atoms. The Morgan fingerprint density at radius 2 is 1.00 bits per heavy atom. The molecule has 0 unspecified atom stereocenters. The number of para-hydroxylation sites is 1. The lowest BCUT2D eigenvalue weighted by Gasteiger charge is -2.26. The number of fused-ring (bicyclic) bond motifs is 7. The van der Waals surface area contributed by atoms with Gasteiger partial charge in [0.2, 0.25) is 0 Å². The van der Waals surface area contributed by atoms with Crippen molar-refractivity contribution in [1.29, 1.82) is 0 Å². The minimum Gasteiger partial charge on any atom is -0.453 e. The first kappa shape index (κ1) is 31.6. The second kappa shape index (κ2) is 12.9. The number of benzene rings is 9. The molecule has 0 saturated heterocycles. The van der Waals surface area contributed by atoms with Gasteiger partial charge in [0.05, 0.1) is 16.1 Å². The van der Waals surface area contributed by atoms with E-state index in [1.54, 1.807) is 0 Å². The molecule has 2 heterocycles. The topological polar surface area (TPSA) is 16.4 Å². The number of anilines is 3. The normalized spacial score (nSPS) is 11.6. The Balaban J connectivity index is 1.17. The van der Waals surface area contributed by atoms with Crippen molar-refractivity contribution in [3.63, 3.8) is 0 Å². The quantitative estimate of drug-likeness (QED) is 0.170. The molecular weight excluding hydrogens is 687 g/mol. The second-order valence-electron chi connectivity index (χ2n) is 14.0. The second-order valence-corrected chi connectivity index (χ2v) is 15.1. The third-order valence-corrected chi connectivity index (χ3v) is 12.1. The third kappa shape index (κ3) is 5.24. The van der Waals surface area contributed by atoms with E-state index in [9.17, 15) is 0 Å². The summed E-state index contributed by atoms with van der Waals surface area (Å²) in [6.45, 7) is 0. The van der Waals surface area contributed by atoms with Crippen LogP contribution < -0.4 is 4.90 Å². The van der Waals surface area contributed by atoms with Crippen LogP contribution in [0.5, 0.6) is 0 Å². The van der Waals surface area contributed by atoms with Crippen molar-refractivity contribution in [2.45, 2.75) is 0 Å². The molecule has 0 saturated carbocycles. The molecule has 0 aliphatic rings. The van der Waals surface area contributed by atoms with Gasteiger partial charge in [0.15, 0.2) is 5.58 Å². The maximum absolute atomic E-state index is 7.22. The van der Waals surface area contributed by atoms with E-state index in [2.05, 4.69) is 205 Å². The zero-order valence-corrected chi connectivity index (χ0v) is 30.6. The Hall–Kier alpha value is -6.94. The number of hydrogen-bond acceptors (Lipinski definition) is 3. The Labute approximate surface area is 322 Å². The van der Waals surface area contributed by atoms with E-state index in [1.807, 2.05) is 11.3 Å². The molecule has 0 spiro atoms. The van der Waals surface area contributed by atoms with Crippen molar-refractivity contribution in [1.82, 2.24) is 0 Å². The summed E-state index contributed by atoms with van der Waals surface area (Å²) in [6.07, 6.45) is 0. The highest BCUT2D eigenvalue weighted by molar-refractivity contribution is 7.26. The van der Waals surface area contributed by atoms with Crippen molar-refractivity contribution >= 4 is 81.3 Å². The molecule has 3 heteroatoms.